The average molecular weight is 283 g/mol. The SMILES string of the molecule is [Ga+3].[Ga+3].[O-]O[O-].[O-]O[O-].[O-]O[O-]. The van der Waals surface area contributed by atoms with Crippen molar-refractivity contribution in [3.8, 4) is 0 Å². The third-order valence-electron chi connectivity index (χ3n) is 0. The molecular formula is Ga2O9. The van der Waals surface area contributed by atoms with Gasteiger partial charge in [0, 0.05) is 0 Å². The van der Waals surface area contributed by atoms with E-state index in [1.54, 1.807) is 15.1 Å². The van der Waals surface area contributed by atoms with Crippen molar-refractivity contribution in [2.24, 2.45) is 0 Å². The molecule has 0 aromatic rings. The van der Waals surface area contributed by atoms with Gasteiger partial charge in [-0.05, 0) is 0 Å². The molecule has 11 heavy (non-hydrogen) atoms. The summed E-state index contributed by atoms with van der Waals surface area (Å²) in [5.74, 6) is 0. The van der Waals surface area contributed by atoms with Gasteiger partial charge in [-0.15, -0.1) is 0 Å². The van der Waals surface area contributed by atoms with Crippen LogP contribution in [-0.2, 0) is 15.1 Å². The van der Waals surface area contributed by atoms with Gasteiger partial charge in [-0.3, -0.25) is 0 Å². The molecule has 0 bridgehead atoms. The molecule has 60 valence electrons. The normalized spacial score (nSPS) is 4.91. The van der Waals surface area contributed by atoms with Crippen molar-refractivity contribution in [1.29, 1.82) is 0 Å². The van der Waals surface area contributed by atoms with E-state index in [9.17, 15) is 0 Å². The summed E-state index contributed by atoms with van der Waals surface area (Å²) < 4.78 is 0. The minimum absolute atomic E-state index is 0. The van der Waals surface area contributed by atoms with Crippen molar-refractivity contribution in [2.45, 2.75) is 0 Å². The summed E-state index contributed by atoms with van der Waals surface area (Å²) in [6.45, 7) is 0. The molecule has 0 rings (SSSR count). The summed E-state index contributed by atoms with van der Waals surface area (Å²) in [7, 11) is 0. The van der Waals surface area contributed by atoms with Crippen LogP contribution in [0.2, 0.25) is 0 Å². The molecule has 0 amide bonds. The monoisotopic (exact) mass is 282 g/mol. The number of rotatable bonds is 0. The van der Waals surface area contributed by atoms with Gasteiger partial charge in [0.25, 0.3) is 0 Å². The zero-order chi connectivity index (χ0) is 8.12. The first-order valence-electron chi connectivity index (χ1n) is 1.00. The van der Waals surface area contributed by atoms with Crippen molar-refractivity contribution < 1.29 is 46.7 Å². The summed E-state index contributed by atoms with van der Waals surface area (Å²) >= 11 is 0. The third-order valence-corrected chi connectivity index (χ3v) is 0. The molecule has 0 spiro atoms. The second-order valence-electron chi connectivity index (χ2n) is 0.204. The Morgan fingerprint density at radius 3 is 0.455 bits per heavy atom. The Balaban J connectivity index is -0.0000000150. The maximum Gasteiger partial charge on any atom is 3.00 e. The fourth-order valence-corrected chi connectivity index (χ4v) is 0. The molecule has 0 aliphatic heterocycles. The summed E-state index contributed by atoms with van der Waals surface area (Å²) in [5.41, 5.74) is 0. The predicted octanol–water partition coefficient (Wildman–Crippen LogP) is -8.10. The molecule has 0 aromatic heterocycles. The molecule has 0 fully saturated rings. The van der Waals surface area contributed by atoms with Gasteiger partial charge < -0.3 is 46.7 Å². The predicted molar refractivity (Wildman–Crippen MR) is 14.8 cm³/mol. The van der Waals surface area contributed by atoms with Crippen LogP contribution < -0.4 is 31.5 Å². The van der Waals surface area contributed by atoms with Crippen LogP contribution in [-0.4, -0.2) is 39.6 Å². The van der Waals surface area contributed by atoms with E-state index in [0.29, 0.717) is 0 Å². The quantitative estimate of drug-likeness (QED) is 0.238. The minimum atomic E-state index is 0. The molecule has 0 radical (unpaired) electrons. The fourth-order valence-electron chi connectivity index (χ4n) is 0. The molecule has 9 nitrogen and oxygen atoms in total. The van der Waals surface area contributed by atoms with Crippen LogP contribution in [0.3, 0.4) is 0 Å². The van der Waals surface area contributed by atoms with Crippen LogP contribution in [0, 0.1) is 0 Å². The number of hydrogen-bond acceptors (Lipinski definition) is 9. The molecule has 0 atom stereocenters. The summed E-state index contributed by atoms with van der Waals surface area (Å²) in [6.07, 6.45) is 0. The maximum absolute atomic E-state index is 7.88. The van der Waals surface area contributed by atoms with Gasteiger partial charge in [0.05, 0.1) is 0 Å². The zero-order valence-corrected chi connectivity index (χ0v) is 9.67. The van der Waals surface area contributed by atoms with Crippen LogP contribution >= 0.6 is 0 Å². The Hall–Kier alpha value is 0.913. The summed E-state index contributed by atoms with van der Waals surface area (Å²) in [5, 5.41) is 52.5. The number of hydrogen-bond donors (Lipinski definition) is 0. The zero-order valence-electron chi connectivity index (χ0n) is 4.83. The Labute approximate surface area is 86.4 Å². The van der Waals surface area contributed by atoms with Crippen molar-refractivity contribution in [1.82, 2.24) is 0 Å². The van der Waals surface area contributed by atoms with E-state index in [0.717, 1.165) is 0 Å². The van der Waals surface area contributed by atoms with Crippen LogP contribution in [0.1, 0.15) is 0 Å². The molecule has 0 aromatic carbocycles. The Kier molecular flexibility index (Phi) is 189. The Bertz CT molecular complexity index is 12.3. The van der Waals surface area contributed by atoms with Crippen LogP contribution in [0.4, 0.5) is 0 Å². The molecular weight excluding hydrogens is 283 g/mol. The molecule has 11 heteroatoms. The van der Waals surface area contributed by atoms with Gasteiger partial charge >= 0.3 is 39.6 Å². The summed E-state index contributed by atoms with van der Waals surface area (Å²) in [6, 6.07) is 0. The van der Waals surface area contributed by atoms with Crippen LogP contribution in [0.5, 0.6) is 0 Å². The van der Waals surface area contributed by atoms with E-state index in [1.165, 1.54) is 0 Å². The topological polar surface area (TPSA) is 166 Å². The van der Waals surface area contributed by atoms with Gasteiger partial charge in [0.2, 0.25) is 0 Å². The first-order valence-corrected chi connectivity index (χ1v) is 1.00. The average Bonchev–Trinajstić information content (AvgIpc) is 1.70. The van der Waals surface area contributed by atoms with E-state index in [1.807, 2.05) is 0 Å². The Morgan fingerprint density at radius 2 is 0.455 bits per heavy atom. The van der Waals surface area contributed by atoms with E-state index < -0.39 is 0 Å². The molecule has 0 aliphatic carbocycles. The van der Waals surface area contributed by atoms with Gasteiger partial charge in [0.15, 0.2) is 0 Å². The smallest absolute Gasteiger partial charge is 0.734 e. The van der Waals surface area contributed by atoms with E-state index >= 15 is 0 Å². The van der Waals surface area contributed by atoms with Gasteiger partial charge in [-0.25, -0.2) is 0 Å². The molecule has 0 unspecified atom stereocenters. The third kappa shape index (κ3) is 1040. The van der Waals surface area contributed by atoms with E-state index in [-0.39, 0.29) is 39.6 Å². The van der Waals surface area contributed by atoms with Gasteiger partial charge in [-0.1, -0.05) is 0 Å². The largest absolute Gasteiger partial charge is 3.00 e. The standard InChI is InChI=1S/2Ga.3H2O3/c;;3*1-3-2/h;;3*1-2H/q2*+3;;;/p-6. The first-order chi connectivity index (χ1) is 4.24. The Morgan fingerprint density at radius 1 is 0.455 bits per heavy atom. The van der Waals surface area contributed by atoms with Crippen molar-refractivity contribution >= 4 is 39.6 Å². The van der Waals surface area contributed by atoms with E-state index in [4.69, 9.17) is 31.5 Å². The second kappa shape index (κ2) is 70.0. The van der Waals surface area contributed by atoms with Crippen LogP contribution in [0.25, 0.3) is 0 Å². The fraction of sp³-hybridized carbons (Fsp3) is 0. The first kappa shape index (κ1) is 29.7. The summed E-state index contributed by atoms with van der Waals surface area (Å²) in [4.78, 5) is 0. The molecule has 0 saturated carbocycles. The molecule has 0 saturated heterocycles. The van der Waals surface area contributed by atoms with Crippen molar-refractivity contribution in [3.63, 3.8) is 0 Å². The van der Waals surface area contributed by atoms with Gasteiger partial charge in [-0.2, -0.15) is 0 Å². The second-order valence-corrected chi connectivity index (χ2v) is 0.204. The molecule has 0 N–H and O–H groups in total. The maximum atomic E-state index is 7.88. The van der Waals surface area contributed by atoms with Crippen molar-refractivity contribution in [3.05, 3.63) is 0 Å². The minimum Gasteiger partial charge on any atom is -0.734 e. The molecule has 0 heterocycles. The van der Waals surface area contributed by atoms with Gasteiger partial charge in [0.1, 0.15) is 0 Å². The van der Waals surface area contributed by atoms with Crippen LogP contribution in [0.15, 0.2) is 0 Å². The molecule has 0 aliphatic rings. The van der Waals surface area contributed by atoms with E-state index in [2.05, 4.69) is 0 Å². The van der Waals surface area contributed by atoms with Crippen molar-refractivity contribution in [2.75, 3.05) is 0 Å².